The van der Waals surface area contributed by atoms with Crippen molar-refractivity contribution in [1.29, 1.82) is 5.26 Å². The van der Waals surface area contributed by atoms with Crippen molar-refractivity contribution in [2.75, 3.05) is 0 Å². The van der Waals surface area contributed by atoms with E-state index in [1.807, 2.05) is 55.5 Å². The van der Waals surface area contributed by atoms with Crippen LogP contribution in [0.4, 0.5) is 0 Å². The van der Waals surface area contributed by atoms with Gasteiger partial charge < -0.3 is 4.74 Å². The van der Waals surface area contributed by atoms with E-state index in [0.29, 0.717) is 28.0 Å². The number of allylic oxidation sites excluding steroid dienone is 1. The number of halogens is 2. The Balaban J connectivity index is 1.60. The summed E-state index contributed by atoms with van der Waals surface area (Å²) in [5.41, 5.74) is 4.32. The molecule has 0 aromatic heterocycles. The van der Waals surface area contributed by atoms with Crippen molar-refractivity contribution in [2.24, 2.45) is 0 Å². The van der Waals surface area contributed by atoms with E-state index in [9.17, 15) is 5.26 Å². The Kier molecular flexibility index (Phi) is 6.28. The van der Waals surface area contributed by atoms with Gasteiger partial charge in [0.15, 0.2) is 5.75 Å². The summed E-state index contributed by atoms with van der Waals surface area (Å²) in [6.07, 6.45) is 1.77. The number of nitriles is 1. The van der Waals surface area contributed by atoms with Gasteiger partial charge in [0.05, 0.1) is 21.7 Å². The van der Waals surface area contributed by atoms with Crippen molar-refractivity contribution < 1.29 is 4.74 Å². The van der Waals surface area contributed by atoms with Crippen molar-refractivity contribution in [2.45, 2.75) is 13.5 Å². The maximum absolute atomic E-state index is 9.59. The molecule has 0 radical (unpaired) electrons. The van der Waals surface area contributed by atoms with Crippen LogP contribution in [-0.2, 0) is 6.61 Å². The molecule has 0 saturated carbocycles. The van der Waals surface area contributed by atoms with E-state index < -0.39 is 0 Å². The van der Waals surface area contributed by atoms with E-state index in [1.165, 1.54) is 0 Å². The van der Waals surface area contributed by atoms with Crippen LogP contribution in [0.5, 0.6) is 5.75 Å². The van der Waals surface area contributed by atoms with Crippen molar-refractivity contribution >= 4 is 45.6 Å². The highest BCUT2D eigenvalue weighted by Gasteiger charge is 2.11. The number of hydrogen-bond donors (Lipinski definition) is 0. The lowest BCUT2D eigenvalue weighted by Crippen LogP contribution is -1.98. The molecule has 4 rings (SSSR count). The lowest BCUT2D eigenvalue weighted by molar-refractivity contribution is 0.308. The van der Waals surface area contributed by atoms with Crippen LogP contribution in [0.15, 0.2) is 78.9 Å². The predicted octanol–water partition coefficient (Wildman–Crippen LogP) is 8.10. The van der Waals surface area contributed by atoms with Gasteiger partial charge in [-0.1, -0.05) is 95.5 Å². The molecule has 4 aromatic rings. The SMILES string of the molecule is Cc1ccc(/C(C#N)=C\c2cc(Cl)c(OCc3cccc4ccccc34)c(Cl)c2)cc1. The zero-order valence-corrected chi connectivity index (χ0v) is 18.4. The normalized spacial score (nSPS) is 11.4. The number of fused-ring (bicyclic) bond motifs is 1. The van der Waals surface area contributed by atoms with E-state index in [0.717, 1.165) is 33.0 Å². The predicted molar refractivity (Wildman–Crippen MR) is 129 cm³/mol. The third-order valence-corrected chi connectivity index (χ3v) is 5.63. The molecule has 0 bridgehead atoms. The number of benzene rings is 4. The first-order valence-corrected chi connectivity index (χ1v) is 10.6. The Bertz CT molecular complexity index is 1290. The summed E-state index contributed by atoms with van der Waals surface area (Å²) in [4.78, 5) is 0. The van der Waals surface area contributed by atoms with Crippen LogP contribution in [0.25, 0.3) is 22.4 Å². The number of hydrogen-bond acceptors (Lipinski definition) is 2. The van der Waals surface area contributed by atoms with E-state index >= 15 is 0 Å². The summed E-state index contributed by atoms with van der Waals surface area (Å²) in [5.74, 6) is 0.433. The van der Waals surface area contributed by atoms with Gasteiger partial charge in [-0.05, 0) is 52.6 Å². The Hall–Kier alpha value is -3.25. The van der Waals surface area contributed by atoms with Crippen LogP contribution in [0.2, 0.25) is 10.0 Å². The molecule has 152 valence electrons. The summed E-state index contributed by atoms with van der Waals surface area (Å²) in [7, 11) is 0. The largest absolute Gasteiger partial charge is 0.486 e. The molecule has 4 heteroatoms. The van der Waals surface area contributed by atoms with Crippen molar-refractivity contribution in [3.05, 3.63) is 111 Å². The maximum Gasteiger partial charge on any atom is 0.157 e. The van der Waals surface area contributed by atoms with E-state index in [4.69, 9.17) is 27.9 Å². The fourth-order valence-electron chi connectivity index (χ4n) is 3.45. The van der Waals surface area contributed by atoms with Gasteiger partial charge in [-0.25, -0.2) is 0 Å². The minimum atomic E-state index is 0.350. The molecule has 2 nitrogen and oxygen atoms in total. The topological polar surface area (TPSA) is 33.0 Å². The minimum absolute atomic E-state index is 0.350. The van der Waals surface area contributed by atoms with Crippen molar-refractivity contribution in [3.63, 3.8) is 0 Å². The molecule has 0 spiro atoms. The third-order valence-electron chi connectivity index (χ3n) is 5.07. The average molecular weight is 444 g/mol. The second-order valence-corrected chi connectivity index (χ2v) is 8.09. The first-order chi connectivity index (χ1) is 15.0. The lowest BCUT2D eigenvalue weighted by atomic mass is 10.0. The first-order valence-electron chi connectivity index (χ1n) is 9.82. The molecule has 0 heterocycles. The van der Waals surface area contributed by atoms with Crippen LogP contribution >= 0.6 is 23.2 Å². The molecule has 0 aliphatic rings. The molecule has 31 heavy (non-hydrogen) atoms. The van der Waals surface area contributed by atoms with Gasteiger partial charge in [0.25, 0.3) is 0 Å². The van der Waals surface area contributed by atoms with Gasteiger partial charge in [0, 0.05) is 0 Å². The minimum Gasteiger partial charge on any atom is -0.486 e. The summed E-state index contributed by atoms with van der Waals surface area (Å²) in [6, 6.07) is 27.8. The Morgan fingerprint density at radius 1 is 0.935 bits per heavy atom. The van der Waals surface area contributed by atoms with E-state index in [2.05, 4.69) is 24.3 Å². The molecule has 0 N–H and O–H groups in total. The highest BCUT2D eigenvalue weighted by molar-refractivity contribution is 6.37. The van der Waals surface area contributed by atoms with Crippen LogP contribution < -0.4 is 4.74 Å². The first kappa shape index (κ1) is 21.0. The standard InChI is InChI=1S/C27H19Cl2NO/c1-18-9-11-20(12-10-18)23(16-30)13-19-14-25(28)27(26(29)15-19)31-17-22-7-4-6-21-5-2-3-8-24(21)22/h2-15H,17H2,1H3/b23-13-. The van der Waals surface area contributed by atoms with Crippen LogP contribution in [-0.4, -0.2) is 0 Å². The summed E-state index contributed by atoms with van der Waals surface area (Å²) < 4.78 is 6.00. The summed E-state index contributed by atoms with van der Waals surface area (Å²) in [5, 5.41) is 12.7. The molecule has 0 unspecified atom stereocenters. The van der Waals surface area contributed by atoms with Gasteiger partial charge in [-0.15, -0.1) is 0 Å². The molecule has 0 aliphatic carbocycles. The van der Waals surface area contributed by atoms with E-state index in [1.54, 1.807) is 18.2 Å². The smallest absolute Gasteiger partial charge is 0.157 e. The van der Waals surface area contributed by atoms with Gasteiger partial charge in [0.1, 0.15) is 6.61 Å². The Labute approximate surface area is 191 Å². The number of aryl methyl sites for hydroxylation is 1. The molecular formula is C27H19Cl2NO. The van der Waals surface area contributed by atoms with Gasteiger partial charge in [-0.2, -0.15) is 5.26 Å². The fourth-order valence-corrected chi connectivity index (χ4v) is 4.06. The fraction of sp³-hybridized carbons (Fsp3) is 0.0741. The molecular weight excluding hydrogens is 425 g/mol. The van der Waals surface area contributed by atoms with E-state index in [-0.39, 0.29) is 0 Å². The van der Waals surface area contributed by atoms with Crippen molar-refractivity contribution in [3.8, 4) is 11.8 Å². The maximum atomic E-state index is 9.59. The molecule has 0 saturated heterocycles. The monoisotopic (exact) mass is 443 g/mol. The number of ether oxygens (including phenoxy) is 1. The van der Waals surface area contributed by atoms with Crippen molar-refractivity contribution in [1.82, 2.24) is 0 Å². The molecule has 0 amide bonds. The molecule has 0 aliphatic heterocycles. The summed E-state index contributed by atoms with van der Waals surface area (Å²) >= 11 is 13.0. The molecule has 0 atom stereocenters. The second kappa shape index (κ2) is 9.27. The quantitative estimate of drug-likeness (QED) is 0.230. The van der Waals surface area contributed by atoms with Gasteiger partial charge in [-0.3, -0.25) is 0 Å². The Morgan fingerprint density at radius 2 is 1.61 bits per heavy atom. The highest BCUT2D eigenvalue weighted by atomic mass is 35.5. The third kappa shape index (κ3) is 4.75. The zero-order valence-electron chi connectivity index (χ0n) is 16.9. The molecule has 4 aromatic carbocycles. The van der Waals surface area contributed by atoms with Crippen LogP contribution in [0, 0.1) is 18.3 Å². The van der Waals surface area contributed by atoms with Gasteiger partial charge >= 0.3 is 0 Å². The second-order valence-electron chi connectivity index (χ2n) is 7.28. The Morgan fingerprint density at radius 3 is 2.32 bits per heavy atom. The van der Waals surface area contributed by atoms with Crippen LogP contribution in [0.3, 0.4) is 0 Å². The van der Waals surface area contributed by atoms with Crippen LogP contribution in [0.1, 0.15) is 22.3 Å². The average Bonchev–Trinajstić information content (AvgIpc) is 2.77. The number of rotatable bonds is 5. The summed E-state index contributed by atoms with van der Waals surface area (Å²) in [6.45, 7) is 2.36. The lowest BCUT2D eigenvalue weighted by Gasteiger charge is -2.13. The zero-order chi connectivity index (χ0) is 21.8. The molecule has 0 fully saturated rings. The highest BCUT2D eigenvalue weighted by Crippen LogP contribution is 2.36. The number of nitrogens with zero attached hydrogens (tertiary/aromatic N) is 1. The van der Waals surface area contributed by atoms with Gasteiger partial charge in [0.2, 0.25) is 0 Å².